The molecule has 0 aromatic carbocycles. The molecule has 96 valence electrons. The minimum atomic E-state index is -0.602. The lowest BCUT2D eigenvalue weighted by atomic mass is 9.94. The van der Waals surface area contributed by atoms with E-state index in [1.165, 1.54) is 12.8 Å². The van der Waals surface area contributed by atoms with Gasteiger partial charge in [-0.15, -0.1) is 0 Å². The van der Waals surface area contributed by atoms with Crippen molar-refractivity contribution in [3.8, 4) is 0 Å². The van der Waals surface area contributed by atoms with Gasteiger partial charge in [-0.2, -0.15) is 0 Å². The molecule has 1 fully saturated rings. The van der Waals surface area contributed by atoms with Gasteiger partial charge in [0.05, 0.1) is 12.2 Å². The molecule has 1 aliphatic carbocycles. The monoisotopic (exact) mass is 229 g/mol. The zero-order chi connectivity index (χ0) is 12.2. The van der Waals surface area contributed by atoms with E-state index in [-0.39, 0.29) is 0 Å². The molecule has 2 unspecified atom stereocenters. The predicted molar refractivity (Wildman–Crippen MR) is 66.5 cm³/mol. The third-order valence-corrected chi connectivity index (χ3v) is 3.13. The van der Waals surface area contributed by atoms with Gasteiger partial charge in [-0.3, -0.25) is 0 Å². The van der Waals surface area contributed by atoms with E-state index in [0.717, 1.165) is 18.9 Å². The summed E-state index contributed by atoms with van der Waals surface area (Å²) in [7, 11) is 1.74. The number of aliphatic hydroxyl groups is 1. The van der Waals surface area contributed by atoms with Gasteiger partial charge in [-0.1, -0.05) is 13.8 Å². The molecule has 0 aromatic heterocycles. The standard InChI is InChI=1S/C13H27NO2/c1-10(2)7-13(3,15)9-14-12(8-16-4)11-5-6-11/h10-12,14-15H,5-9H2,1-4H3. The van der Waals surface area contributed by atoms with Gasteiger partial charge < -0.3 is 15.2 Å². The number of methoxy groups -OCH3 is 1. The number of hydrogen-bond donors (Lipinski definition) is 2. The van der Waals surface area contributed by atoms with Crippen LogP contribution in [0.3, 0.4) is 0 Å². The second kappa shape index (κ2) is 5.99. The lowest BCUT2D eigenvalue weighted by Gasteiger charge is -2.28. The maximum atomic E-state index is 10.2. The number of nitrogens with one attached hydrogen (secondary N) is 1. The Morgan fingerprint density at radius 1 is 1.44 bits per heavy atom. The molecule has 0 aliphatic heterocycles. The quantitative estimate of drug-likeness (QED) is 0.667. The van der Waals surface area contributed by atoms with Crippen molar-refractivity contribution in [3.05, 3.63) is 0 Å². The Labute approximate surface area is 99.6 Å². The molecule has 3 nitrogen and oxygen atoms in total. The van der Waals surface area contributed by atoms with Crippen molar-refractivity contribution in [2.75, 3.05) is 20.3 Å². The molecule has 0 bridgehead atoms. The highest BCUT2D eigenvalue weighted by Gasteiger charge is 2.32. The molecule has 1 aliphatic rings. The Kier molecular flexibility index (Phi) is 5.22. The molecule has 2 atom stereocenters. The van der Waals surface area contributed by atoms with Crippen LogP contribution < -0.4 is 5.32 Å². The van der Waals surface area contributed by atoms with Crippen LogP contribution in [0.5, 0.6) is 0 Å². The van der Waals surface area contributed by atoms with Crippen LogP contribution >= 0.6 is 0 Å². The first kappa shape index (κ1) is 13.9. The first-order chi connectivity index (χ1) is 7.44. The van der Waals surface area contributed by atoms with Crippen LogP contribution in [0.15, 0.2) is 0 Å². The van der Waals surface area contributed by atoms with E-state index in [1.54, 1.807) is 7.11 Å². The van der Waals surface area contributed by atoms with Crippen molar-refractivity contribution in [2.24, 2.45) is 11.8 Å². The highest BCUT2D eigenvalue weighted by molar-refractivity contribution is 4.88. The zero-order valence-corrected chi connectivity index (χ0v) is 11.1. The average Bonchev–Trinajstić information content (AvgIpc) is 2.93. The van der Waals surface area contributed by atoms with Gasteiger partial charge in [0, 0.05) is 19.7 Å². The lowest BCUT2D eigenvalue weighted by Crippen LogP contribution is -2.45. The highest BCUT2D eigenvalue weighted by Crippen LogP contribution is 2.33. The van der Waals surface area contributed by atoms with Crippen LogP contribution in [0.1, 0.15) is 40.0 Å². The largest absolute Gasteiger partial charge is 0.389 e. The number of hydrogen-bond acceptors (Lipinski definition) is 3. The number of rotatable bonds is 8. The minimum absolute atomic E-state index is 0.420. The van der Waals surface area contributed by atoms with Gasteiger partial charge in [0.25, 0.3) is 0 Å². The molecule has 0 amide bonds. The topological polar surface area (TPSA) is 41.5 Å². The molecule has 0 aromatic rings. The first-order valence-electron chi connectivity index (χ1n) is 6.39. The van der Waals surface area contributed by atoms with Gasteiger partial charge in [-0.25, -0.2) is 0 Å². The Morgan fingerprint density at radius 3 is 2.50 bits per heavy atom. The summed E-state index contributed by atoms with van der Waals surface area (Å²) in [5.41, 5.74) is -0.602. The Balaban J connectivity index is 2.29. The Hall–Kier alpha value is -0.120. The van der Waals surface area contributed by atoms with Crippen LogP contribution in [-0.2, 0) is 4.74 Å². The summed E-state index contributed by atoms with van der Waals surface area (Å²) in [5, 5.41) is 13.7. The van der Waals surface area contributed by atoms with Crippen LogP contribution in [0.2, 0.25) is 0 Å². The van der Waals surface area contributed by atoms with E-state index in [9.17, 15) is 5.11 Å². The van der Waals surface area contributed by atoms with Crippen molar-refractivity contribution in [2.45, 2.75) is 51.7 Å². The highest BCUT2D eigenvalue weighted by atomic mass is 16.5. The molecule has 0 radical (unpaired) electrons. The molecule has 3 heteroatoms. The molecule has 0 spiro atoms. The van der Waals surface area contributed by atoms with Gasteiger partial charge in [0.15, 0.2) is 0 Å². The molecule has 1 rings (SSSR count). The summed E-state index contributed by atoms with van der Waals surface area (Å²) < 4.78 is 5.21. The second-order valence-corrected chi connectivity index (χ2v) is 5.88. The van der Waals surface area contributed by atoms with Crippen LogP contribution in [0, 0.1) is 11.8 Å². The Morgan fingerprint density at radius 2 is 2.06 bits per heavy atom. The normalized spacial score (nSPS) is 22.1. The molecule has 0 heterocycles. The average molecular weight is 229 g/mol. The van der Waals surface area contributed by atoms with Gasteiger partial charge in [0.1, 0.15) is 0 Å². The first-order valence-corrected chi connectivity index (χ1v) is 6.39. The summed E-state index contributed by atoms with van der Waals surface area (Å²) in [6.45, 7) is 7.61. The van der Waals surface area contributed by atoms with Crippen LogP contribution in [-0.4, -0.2) is 37.0 Å². The van der Waals surface area contributed by atoms with Crippen LogP contribution in [0.4, 0.5) is 0 Å². The second-order valence-electron chi connectivity index (χ2n) is 5.88. The van der Waals surface area contributed by atoms with Crippen molar-refractivity contribution < 1.29 is 9.84 Å². The maximum Gasteiger partial charge on any atom is 0.0746 e. The van der Waals surface area contributed by atoms with E-state index >= 15 is 0 Å². The summed E-state index contributed by atoms with van der Waals surface area (Å²) in [6, 6.07) is 0.420. The summed E-state index contributed by atoms with van der Waals surface area (Å²) in [4.78, 5) is 0. The molecule has 16 heavy (non-hydrogen) atoms. The van der Waals surface area contributed by atoms with Crippen molar-refractivity contribution in [1.29, 1.82) is 0 Å². The predicted octanol–water partition coefficient (Wildman–Crippen LogP) is 1.80. The SMILES string of the molecule is COCC(NCC(C)(O)CC(C)C)C1CC1. The molecule has 2 N–H and O–H groups in total. The molecule has 0 saturated heterocycles. The summed E-state index contributed by atoms with van der Waals surface area (Å²) in [6.07, 6.45) is 3.44. The van der Waals surface area contributed by atoms with E-state index in [2.05, 4.69) is 19.2 Å². The maximum absolute atomic E-state index is 10.2. The van der Waals surface area contributed by atoms with Gasteiger partial charge in [-0.05, 0) is 38.0 Å². The van der Waals surface area contributed by atoms with Crippen molar-refractivity contribution >= 4 is 0 Å². The molecular formula is C13H27NO2. The van der Waals surface area contributed by atoms with Gasteiger partial charge in [0.2, 0.25) is 0 Å². The fourth-order valence-electron chi connectivity index (χ4n) is 2.34. The third kappa shape index (κ3) is 5.28. The number of ether oxygens (including phenoxy) is 1. The van der Waals surface area contributed by atoms with E-state index in [1.807, 2.05) is 6.92 Å². The smallest absolute Gasteiger partial charge is 0.0746 e. The Bertz CT molecular complexity index is 200. The lowest BCUT2D eigenvalue weighted by molar-refractivity contribution is 0.0310. The molecular weight excluding hydrogens is 202 g/mol. The van der Waals surface area contributed by atoms with Crippen molar-refractivity contribution in [3.63, 3.8) is 0 Å². The van der Waals surface area contributed by atoms with E-state index in [4.69, 9.17) is 4.74 Å². The third-order valence-electron chi connectivity index (χ3n) is 3.13. The summed E-state index contributed by atoms with van der Waals surface area (Å²) >= 11 is 0. The molecule has 1 saturated carbocycles. The summed E-state index contributed by atoms with van der Waals surface area (Å²) in [5.74, 6) is 1.29. The van der Waals surface area contributed by atoms with E-state index < -0.39 is 5.60 Å². The fraction of sp³-hybridized carbons (Fsp3) is 1.00. The minimum Gasteiger partial charge on any atom is -0.389 e. The van der Waals surface area contributed by atoms with Crippen molar-refractivity contribution in [1.82, 2.24) is 5.32 Å². The van der Waals surface area contributed by atoms with E-state index in [0.29, 0.717) is 18.5 Å². The fourth-order valence-corrected chi connectivity index (χ4v) is 2.34. The van der Waals surface area contributed by atoms with Gasteiger partial charge >= 0.3 is 0 Å². The van der Waals surface area contributed by atoms with Crippen LogP contribution in [0.25, 0.3) is 0 Å². The zero-order valence-electron chi connectivity index (χ0n) is 11.1.